The maximum atomic E-state index is 12.6. The van der Waals surface area contributed by atoms with Crippen molar-refractivity contribution in [2.24, 2.45) is 0 Å². The molecule has 2 aromatic rings. The number of benzene rings is 2. The summed E-state index contributed by atoms with van der Waals surface area (Å²) in [6.45, 7) is 7.93. The number of nitrogens with zero attached hydrogens (tertiary/aromatic N) is 2. The van der Waals surface area contributed by atoms with Gasteiger partial charge in [0.2, 0.25) is 0 Å². The first-order valence-corrected chi connectivity index (χ1v) is 11.1. The molecule has 2 aliphatic rings. The predicted molar refractivity (Wildman–Crippen MR) is 127 cm³/mol. The van der Waals surface area contributed by atoms with Crippen molar-refractivity contribution in [1.29, 1.82) is 0 Å². The van der Waals surface area contributed by atoms with Crippen molar-refractivity contribution in [2.75, 3.05) is 9.80 Å². The van der Waals surface area contributed by atoms with E-state index in [1.54, 1.807) is 0 Å². The molecule has 2 heterocycles. The summed E-state index contributed by atoms with van der Waals surface area (Å²) in [6, 6.07) is 7.92. The number of aryl methyl sites for hydroxylation is 4. The van der Waals surface area contributed by atoms with Gasteiger partial charge in [-0.05, 0) is 48.9 Å². The van der Waals surface area contributed by atoms with Crippen LogP contribution >= 0.6 is 0 Å². The van der Waals surface area contributed by atoms with Crippen LogP contribution in [0.15, 0.2) is 48.6 Å². The molecule has 0 unspecified atom stereocenters. The summed E-state index contributed by atoms with van der Waals surface area (Å²) in [4.78, 5) is 52.7. The Labute approximate surface area is 193 Å². The van der Waals surface area contributed by atoms with Crippen LogP contribution in [0.2, 0.25) is 0 Å². The second kappa shape index (κ2) is 8.62. The Bertz CT molecular complexity index is 1140. The SMILES string of the molecule is CCc1cc(C)cc(Cc2cc(C)cc(CC)c2N2C(=O)C=CC2=O)c1N1C(=O)C=CC1=O. The fraction of sp³-hybridized carbons (Fsp3) is 0.259. The zero-order valence-electron chi connectivity index (χ0n) is 19.3. The molecule has 0 fully saturated rings. The van der Waals surface area contributed by atoms with Gasteiger partial charge in [0, 0.05) is 30.7 Å². The Kier molecular flexibility index (Phi) is 5.85. The minimum atomic E-state index is -0.368. The van der Waals surface area contributed by atoms with E-state index in [4.69, 9.17) is 0 Å². The van der Waals surface area contributed by atoms with E-state index in [9.17, 15) is 19.2 Å². The van der Waals surface area contributed by atoms with Gasteiger partial charge in [-0.15, -0.1) is 0 Å². The lowest BCUT2D eigenvalue weighted by atomic mass is 9.91. The number of hydrogen-bond donors (Lipinski definition) is 0. The summed E-state index contributed by atoms with van der Waals surface area (Å²) >= 11 is 0. The quantitative estimate of drug-likeness (QED) is 0.637. The highest BCUT2D eigenvalue weighted by Crippen LogP contribution is 2.36. The number of rotatable bonds is 6. The fourth-order valence-corrected chi connectivity index (χ4v) is 4.70. The van der Waals surface area contributed by atoms with E-state index in [1.807, 2.05) is 52.0 Å². The number of carbonyl (C=O) groups excluding carboxylic acids is 4. The fourth-order valence-electron chi connectivity index (χ4n) is 4.70. The minimum Gasteiger partial charge on any atom is -0.269 e. The van der Waals surface area contributed by atoms with Crippen LogP contribution in [0, 0.1) is 13.8 Å². The van der Waals surface area contributed by atoms with Crippen LogP contribution in [0.3, 0.4) is 0 Å². The molecule has 0 bridgehead atoms. The van der Waals surface area contributed by atoms with Gasteiger partial charge in [0.05, 0.1) is 11.4 Å². The Hall–Kier alpha value is -3.80. The maximum Gasteiger partial charge on any atom is 0.258 e. The Morgan fingerprint density at radius 2 is 0.848 bits per heavy atom. The van der Waals surface area contributed by atoms with Crippen molar-refractivity contribution >= 4 is 35.0 Å². The van der Waals surface area contributed by atoms with E-state index in [0.717, 1.165) is 33.4 Å². The molecule has 2 aliphatic heterocycles. The largest absolute Gasteiger partial charge is 0.269 e. The van der Waals surface area contributed by atoms with E-state index in [1.165, 1.54) is 34.1 Å². The van der Waals surface area contributed by atoms with Gasteiger partial charge in [0.25, 0.3) is 23.6 Å². The highest BCUT2D eigenvalue weighted by Gasteiger charge is 2.32. The lowest BCUT2D eigenvalue weighted by molar-refractivity contribution is -0.121. The van der Waals surface area contributed by atoms with Gasteiger partial charge in [-0.2, -0.15) is 0 Å². The molecule has 0 spiro atoms. The first kappa shape index (κ1) is 22.4. The molecule has 6 heteroatoms. The average molecular weight is 443 g/mol. The molecule has 0 aromatic heterocycles. The van der Waals surface area contributed by atoms with Crippen molar-refractivity contribution in [1.82, 2.24) is 0 Å². The number of hydrogen-bond acceptors (Lipinski definition) is 4. The average Bonchev–Trinajstić information content (AvgIpc) is 3.28. The maximum absolute atomic E-state index is 12.6. The molecular weight excluding hydrogens is 416 g/mol. The van der Waals surface area contributed by atoms with Crippen molar-refractivity contribution in [3.63, 3.8) is 0 Å². The zero-order chi connectivity index (χ0) is 23.9. The monoisotopic (exact) mass is 442 g/mol. The van der Waals surface area contributed by atoms with Gasteiger partial charge in [-0.25, -0.2) is 9.80 Å². The topological polar surface area (TPSA) is 74.8 Å². The third-order valence-corrected chi connectivity index (χ3v) is 6.03. The van der Waals surface area contributed by atoms with Gasteiger partial charge >= 0.3 is 0 Å². The summed E-state index contributed by atoms with van der Waals surface area (Å²) in [5.41, 5.74) is 6.61. The molecule has 0 saturated carbocycles. The summed E-state index contributed by atoms with van der Waals surface area (Å²) in [5.74, 6) is -1.47. The number of carbonyl (C=O) groups is 4. The minimum absolute atomic E-state index is 0.363. The third kappa shape index (κ3) is 3.93. The van der Waals surface area contributed by atoms with E-state index >= 15 is 0 Å². The van der Waals surface area contributed by atoms with Crippen LogP contribution in [0.1, 0.15) is 47.2 Å². The summed E-state index contributed by atoms with van der Waals surface area (Å²) < 4.78 is 0. The van der Waals surface area contributed by atoms with Crippen molar-refractivity contribution < 1.29 is 19.2 Å². The lowest BCUT2D eigenvalue weighted by Gasteiger charge is -2.26. The first-order valence-electron chi connectivity index (χ1n) is 11.1. The molecule has 2 aromatic carbocycles. The Morgan fingerprint density at radius 3 is 1.15 bits per heavy atom. The Balaban J connectivity index is 1.92. The lowest BCUT2D eigenvalue weighted by Crippen LogP contribution is -2.32. The molecule has 33 heavy (non-hydrogen) atoms. The molecular formula is C27H26N2O4. The molecule has 4 rings (SSSR count). The van der Waals surface area contributed by atoms with E-state index in [2.05, 4.69) is 0 Å². The first-order chi connectivity index (χ1) is 15.7. The van der Waals surface area contributed by atoms with E-state index in [0.29, 0.717) is 30.6 Å². The number of imide groups is 2. The highest BCUT2D eigenvalue weighted by molar-refractivity contribution is 6.29. The van der Waals surface area contributed by atoms with E-state index in [-0.39, 0.29) is 23.6 Å². The smallest absolute Gasteiger partial charge is 0.258 e. The van der Waals surface area contributed by atoms with Gasteiger partial charge in [-0.3, -0.25) is 19.2 Å². The number of anilines is 2. The van der Waals surface area contributed by atoms with Gasteiger partial charge in [0.15, 0.2) is 0 Å². The molecule has 0 aliphatic carbocycles. The molecule has 168 valence electrons. The molecule has 0 radical (unpaired) electrons. The van der Waals surface area contributed by atoms with Gasteiger partial charge in [-0.1, -0.05) is 49.2 Å². The molecule has 0 saturated heterocycles. The standard InChI is InChI=1S/C27H26N2O4/c1-5-18-11-16(3)13-20(26(18)28-22(30)7-8-23(28)31)15-21-14-17(4)12-19(6-2)27(21)29-24(32)9-10-25(29)33/h7-14H,5-6,15H2,1-4H3. The second-order valence-corrected chi connectivity index (χ2v) is 8.44. The van der Waals surface area contributed by atoms with Crippen LogP contribution in [-0.4, -0.2) is 23.6 Å². The van der Waals surface area contributed by atoms with Crippen LogP contribution in [0.5, 0.6) is 0 Å². The van der Waals surface area contributed by atoms with Crippen LogP contribution in [-0.2, 0) is 38.4 Å². The molecule has 4 amide bonds. The normalized spacial score (nSPS) is 15.5. The van der Waals surface area contributed by atoms with Gasteiger partial charge in [0.1, 0.15) is 0 Å². The van der Waals surface area contributed by atoms with Crippen LogP contribution in [0.4, 0.5) is 11.4 Å². The van der Waals surface area contributed by atoms with Gasteiger partial charge < -0.3 is 0 Å². The zero-order valence-corrected chi connectivity index (χ0v) is 19.3. The number of amides is 4. The second-order valence-electron chi connectivity index (χ2n) is 8.44. The van der Waals surface area contributed by atoms with Crippen LogP contribution < -0.4 is 9.80 Å². The summed E-state index contributed by atoms with van der Waals surface area (Å²) in [6.07, 6.45) is 6.79. The van der Waals surface area contributed by atoms with Crippen molar-refractivity contribution in [3.05, 3.63) is 82.0 Å². The van der Waals surface area contributed by atoms with E-state index < -0.39 is 0 Å². The summed E-state index contributed by atoms with van der Waals surface area (Å²) in [7, 11) is 0. The molecule has 0 atom stereocenters. The highest BCUT2D eigenvalue weighted by atomic mass is 16.2. The summed E-state index contributed by atoms with van der Waals surface area (Å²) in [5, 5.41) is 0. The molecule has 0 N–H and O–H groups in total. The van der Waals surface area contributed by atoms with Crippen LogP contribution in [0.25, 0.3) is 0 Å². The predicted octanol–water partition coefficient (Wildman–Crippen LogP) is 3.88. The molecule has 6 nitrogen and oxygen atoms in total. The van der Waals surface area contributed by atoms with Crippen molar-refractivity contribution in [2.45, 2.75) is 47.0 Å². The third-order valence-electron chi connectivity index (χ3n) is 6.03. The van der Waals surface area contributed by atoms with Crippen molar-refractivity contribution in [3.8, 4) is 0 Å². The Morgan fingerprint density at radius 1 is 0.545 bits per heavy atom.